The van der Waals surface area contributed by atoms with Crippen LogP contribution in [0.2, 0.25) is 0 Å². The number of sulfonamides is 1. The third-order valence-electron chi connectivity index (χ3n) is 2.08. The average molecular weight is 272 g/mol. The topological polar surface area (TPSA) is 46.2 Å². The monoisotopic (exact) mass is 271 g/mol. The maximum Gasteiger partial charge on any atom is 0.214 e. The van der Waals surface area contributed by atoms with Crippen LogP contribution >= 0.6 is 15.9 Å². The second-order valence-corrected chi connectivity index (χ2v) is 6.54. The van der Waals surface area contributed by atoms with Gasteiger partial charge in [-0.3, -0.25) is 0 Å². The van der Waals surface area contributed by atoms with Gasteiger partial charge >= 0.3 is 0 Å². The Labute approximate surface area is 89.5 Å². The Morgan fingerprint density at radius 1 is 1.46 bits per heavy atom. The van der Waals surface area contributed by atoms with Gasteiger partial charge in [-0.25, -0.2) is 13.1 Å². The third kappa shape index (κ3) is 3.95. The van der Waals surface area contributed by atoms with Gasteiger partial charge in [0, 0.05) is 10.9 Å². The Balaban J connectivity index is 4.60. The zero-order chi connectivity index (χ0) is 10.7. The lowest BCUT2D eigenvalue weighted by Gasteiger charge is -2.27. The van der Waals surface area contributed by atoms with Gasteiger partial charge in [0.2, 0.25) is 10.0 Å². The molecule has 0 aromatic carbocycles. The van der Waals surface area contributed by atoms with Crippen LogP contribution in [0.25, 0.3) is 0 Å². The molecule has 13 heavy (non-hydrogen) atoms. The maximum atomic E-state index is 11.5. The zero-order valence-corrected chi connectivity index (χ0v) is 11.0. The average Bonchev–Trinajstić information content (AvgIpc) is 2.03. The van der Waals surface area contributed by atoms with E-state index in [2.05, 4.69) is 20.7 Å². The molecule has 0 radical (unpaired) electrons. The molecule has 0 heterocycles. The van der Waals surface area contributed by atoms with Crippen molar-refractivity contribution < 1.29 is 8.42 Å². The highest BCUT2D eigenvalue weighted by Crippen LogP contribution is 2.15. The van der Waals surface area contributed by atoms with Crippen molar-refractivity contribution >= 4 is 26.0 Å². The van der Waals surface area contributed by atoms with Gasteiger partial charge in [0.15, 0.2) is 0 Å². The largest absolute Gasteiger partial charge is 0.214 e. The van der Waals surface area contributed by atoms with Gasteiger partial charge in [0.1, 0.15) is 0 Å². The molecule has 0 fully saturated rings. The molecule has 5 heteroatoms. The fourth-order valence-corrected chi connectivity index (χ4v) is 2.52. The lowest BCUT2D eigenvalue weighted by molar-refractivity contribution is 0.446. The highest BCUT2D eigenvalue weighted by Gasteiger charge is 2.28. The molecule has 0 aliphatic carbocycles. The summed E-state index contributed by atoms with van der Waals surface area (Å²) in [6.07, 6.45) is 0.768. The molecule has 0 rings (SSSR count). The predicted octanol–water partition coefficient (Wildman–Crippen LogP) is 1.88. The van der Waals surface area contributed by atoms with E-state index in [4.69, 9.17) is 0 Å². The smallest absolute Gasteiger partial charge is 0.212 e. The zero-order valence-electron chi connectivity index (χ0n) is 8.59. The van der Waals surface area contributed by atoms with Crippen molar-refractivity contribution in [2.24, 2.45) is 0 Å². The van der Waals surface area contributed by atoms with Crippen LogP contribution in [0.15, 0.2) is 0 Å². The van der Waals surface area contributed by atoms with E-state index in [-0.39, 0.29) is 10.8 Å². The van der Waals surface area contributed by atoms with Crippen LogP contribution in [-0.4, -0.2) is 24.5 Å². The Morgan fingerprint density at radius 2 is 1.92 bits per heavy atom. The SMILES string of the molecule is CCC(C)(CBr)NS(=O)(=O)C(C)C. The molecular formula is C8H18BrNO2S. The fourth-order valence-electron chi connectivity index (χ4n) is 0.655. The van der Waals surface area contributed by atoms with E-state index in [0.717, 1.165) is 6.42 Å². The number of halogens is 1. The third-order valence-corrected chi connectivity index (χ3v) is 5.34. The summed E-state index contributed by atoms with van der Waals surface area (Å²) < 4.78 is 25.8. The molecule has 0 aromatic rings. The molecule has 1 atom stereocenters. The summed E-state index contributed by atoms with van der Waals surface area (Å²) in [6, 6.07) is 0. The summed E-state index contributed by atoms with van der Waals surface area (Å²) >= 11 is 3.31. The molecule has 0 saturated carbocycles. The Hall–Kier alpha value is 0.390. The summed E-state index contributed by atoms with van der Waals surface area (Å²) in [6.45, 7) is 7.20. The van der Waals surface area contributed by atoms with Gasteiger partial charge < -0.3 is 0 Å². The summed E-state index contributed by atoms with van der Waals surface area (Å²) in [5.41, 5.74) is -0.372. The molecule has 3 nitrogen and oxygen atoms in total. The van der Waals surface area contributed by atoms with E-state index < -0.39 is 10.0 Å². The first-order chi connectivity index (χ1) is 5.77. The van der Waals surface area contributed by atoms with Crippen molar-refractivity contribution in [3.05, 3.63) is 0 Å². The molecule has 0 aromatic heterocycles. The number of alkyl halides is 1. The van der Waals surface area contributed by atoms with E-state index in [1.165, 1.54) is 0 Å². The van der Waals surface area contributed by atoms with Gasteiger partial charge in [0.05, 0.1) is 5.25 Å². The molecule has 1 unspecified atom stereocenters. The Kier molecular flexibility index (Phi) is 4.90. The second-order valence-electron chi connectivity index (χ2n) is 3.74. The molecule has 0 saturated heterocycles. The fraction of sp³-hybridized carbons (Fsp3) is 1.00. The normalized spacial score (nSPS) is 17.4. The van der Waals surface area contributed by atoms with Crippen LogP contribution in [-0.2, 0) is 10.0 Å². The lowest BCUT2D eigenvalue weighted by Crippen LogP contribution is -2.49. The van der Waals surface area contributed by atoms with Gasteiger partial charge in [-0.2, -0.15) is 0 Å². The van der Waals surface area contributed by atoms with Crippen LogP contribution < -0.4 is 4.72 Å². The minimum Gasteiger partial charge on any atom is -0.212 e. The van der Waals surface area contributed by atoms with Crippen molar-refractivity contribution in [1.82, 2.24) is 4.72 Å². The summed E-state index contributed by atoms with van der Waals surface area (Å²) in [4.78, 5) is 0. The molecule has 80 valence electrons. The molecule has 0 aliphatic rings. The first-order valence-corrected chi connectivity index (χ1v) is 7.03. The quantitative estimate of drug-likeness (QED) is 0.777. The van der Waals surface area contributed by atoms with Crippen LogP contribution in [0.3, 0.4) is 0 Å². The van der Waals surface area contributed by atoms with E-state index in [1.54, 1.807) is 13.8 Å². The molecular weight excluding hydrogens is 254 g/mol. The highest BCUT2D eigenvalue weighted by atomic mass is 79.9. The Bertz CT molecular complexity index is 245. The molecule has 1 N–H and O–H groups in total. The van der Waals surface area contributed by atoms with E-state index >= 15 is 0 Å². The van der Waals surface area contributed by atoms with Crippen LogP contribution in [0.5, 0.6) is 0 Å². The number of nitrogens with one attached hydrogen (secondary N) is 1. The van der Waals surface area contributed by atoms with Crippen molar-refractivity contribution in [1.29, 1.82) is 0 Å². The highest BCUT2D eigenvalue weighted by molar-refractivity contribution is 9.09. The van der Waals surface area contributed by atoms with E-state index in [9.17, 15) is 8.42 Å². The van der Waals surface area contributed by atoms with Crippen molar-refractivity contribution in [2.45, 2.75) is 44.9 Å². The van der Waals surface area contributed by atoms with Gasteiger partial charge in [-0.05, 0) is 27.2 Å². The number of hydrogen-bond acceptors (Lipinski definition) is 2. The first-order valence-electron chi connectivity index (χ1n) is 4.36. The van der Waals surface area contributed by atoms with Crippen molar-refractivity contribution in [2.75, 3.05) is 5.33 Å². The van der Waals surface area contributed by atoms with Crippen LogP contribution in [0.4, 0.5) is 0 Å². The molecule has 0 amide bonds. The van der Waals surface area contributed by atoms with Gasteiger partial charge in [0.25, 0.3) is 0 Å². The lowest BCUT2D eigenvalue weighted by atomic mass is 10.0. The minimum atomic E-state index is -3.16. The summed E-state index contributed by atoms with van der Waals surface area (Å²) in [7, 11) is -3.16. The predicted molar refractivity (Wildman–Crippen MR) is 59.7 cm³/mol. The Morgan fingerprint density at radius 3 is 2.15 bits per heavy atom. The minimum absolute atomic E-state index is 0.372. The van der Waals surface area contributed by atoms with Crippen LogP contribution in [0, 0.1) is 0 Å². The standard InChI is InChI=1S/C8H18BrNO2S/c1-5-8(4,6-9)10-13(11,12)7(2)3/h7,10H,5-6H2,1-4H3. The maximum absolute atomic E-state index is 11.5. The molecule has 0 aliphatic heterocycles. The van der Waals surface area contributed by atoms with E-state index in [0.29, 0.717) is 5.33 Å². The van der Waals surface area contributed by atoms with Crippen molar-refractivity contribution in [3.8, 4) is 0 Å². The van der Waals surface area contributed by atoms with Gasteiger partial charge in [-0.1, -0.05) is 22.9 Å². The number of rotatable bonds is 5. The molecule has 0 spiro atoms. The van der Waals surface area contributed by atoms with E-state index in [1.807, 2.05) is 13.8 Å². The van der Waals surface area contributed by atoms with Crippen LogP contribution in [0.1, 0.15) is 34.1 Å². The second kappa shape index (κ2) is 4.75. The first kappa shape index (κ1) is 13.4. The summed E-state index contributed by atoms with van der Waals surface area (Å²) in [5.74, 6) is 0. The number of hydrogen-bond donors (Lipinski definition) is 1. The summed E-state index contributed by atoms with van der Waals surface area (Å²) in [5, 5.41) is 0.250. The van der Waals surface area contributed by atoms with Gasteiger partial charge in [-0.15, -0.1) is 0 Å². The van der Waals surface area contributed by atoms with Crippen molar-refractivity contribution in [3.63, 3.8) is 0 Å². The molecule has 0 bridgehead atoms.